The van der Waals surface area contributed by atoms with Crippen molar-refractivity contribution in [1.82, 2.24) is 0 Å². The van der Waals surface area contributed by atoms with E-state index in [0.717, 1.165) is 6.08 Å². The van der Waals surface area contributed by atoms with E-state index in [1.165, 1.54) is 19.9 Å². The Balaban J connectivity index is 0. The van der Waals surface area contributed by atoms with Gasteiger partial charge in [-0.15, -0.1) is 0 Å². The molecule has 0 saturated carbocycles. The summed E-state index contributed by atoms with van der Waals surface area (Å²) in [6.45, 7) is 11.5. The number of allylic oxidation sites excluding steroid dienone is 1. The SMILES string of the molecule is C=C(C)C(=O)O.CC(=CC(=CC(C)(C)C)C(=O)O)C(=O)O. The van der Waals surface area contributed by atoms with Gasteiger partial charge in [0.15, 0.2) is 0 Å². The maximum absolute atomic E-state index is 10.8. The van der Waals surface area contributed by atoms with Crippen molar-refractivity contribution >= 4 is 17.9 Å². The molecule has 0 unspecified atom stereocenters. The summed E-state index contributed by atoms with van der Waals surface area (Å²) in [4.78, 5) is 31.0. The van der Waals surface area contributed by atoms with Crippen LogP contribution in [0.25, 0.3) is 0 Å². The van der Waals surface area contributed by atoms with E-state index < -0.39 is 17.9 Å². The summed E-state index contributed by atoms with van der Waals surface area (Å²) >= 11 is 0. The van der Waals surface area contributed by atoms with Crippen LogP contribution in [-0.2, 0) is 14.4 Å². The van der Waals surface area contributed by atoms with E-state index in [-0.39, 0.29) is 22.1 Å². The first-order chi connectivity index (χ1) is 9.27. The molecule has 0 aliphatic rings. The van der Waals surface area contributed by atoms with Crippen LogP contribution in [0.5, 0.6) is 0 Å². The first-order valence-electron chi connectivity index (χ1n) is 6.04. The molecular weight excluding hydrogens is 276 g/mol. The maximum Gasteiger partial charge on any atom is 0.335 e. The molecule has 0 radical (unpaired) electrons. The minimum absolute atomic E-state index is 0.00222. The van der Waals surface area contributed by atoms with Gasteiger partial charge in [0.05, 0.1) is 5.57 Å². The molecule has 0 aliphatic carbocycles. The van der Waals surface area contributed by atoms with Gasteiger partial charge in [-0.2, -0.15) is 0 Å². The number of hydrogen-bond donors (Lipinski definition) is 3. The molecule has 118 valence electrons. The van der Waals surface area contributed by atoms with Crippen LogP contribution in [-0.4, -0.2) is 33.2 Å². The van der Waals surface area contributed by atoms with Crippen LogP contribution in [0, 0.1) is 5.41 Å². The second-order valence-corrected chi connectivity index (χ2v) is 5.49. The molecule has 0 rings (SSSR count). The lowest BCUT2D eigenvalue weighted by Gasteiger charge is -2.12. The second kappa shape index (κ2) is 8.73. The van der Waals surface area contributed by atoms with E-state index >= 15 is 0 Å². The van der Waals surface area contributed by atoms with Gasteiger partial charge >= 0.3 is 17.9 Å². The highest BCUT2D eigenvalue weighted by Gasteiger charge is 2.13. The van der Waals surface area contributed by atoms with Gasteiger partial charge in [-0.3, -0.25) is 0 Å². The monoisotopic (exact) mass is 298 g/mol. The Hall–Kier alpha value is -2.37. The summed E-state index contributed by atoms with van der Waals surface area (Å²) in [5, 5.41) is 25.4. The standard InChI is InChI=1S/C11H16O4.C4H6O2/c1-7(9(12)13)5-8(10(14)15)6-11(2,3)4;1-3(2)4(5)6/h5-6H,1-4H3,(H,12,13)(H,14,15);1H2,2H3,(H,5,6). The zero-order chi connectivity index (χ0) is 17.4. The first kappa shape index (κ1) is 20.9. The highest BCUT2D eigenvalue weighted by Crippen LogP contribution is 2.19. The highest BCUT2D eigenvalue weighted by atomic mass is 16.4. The molecule has 0 saturated heterocycles. The predicted octanol–water partition coefficient (Wildman–Crippen LogP) is 2.72. The molecular formula is C15H22O6. The van der Waals surface area contributed by atoms with Crippen LogP contribution in [0.4, 0.5) is 0 Å². The fourth-order valence-corrected chi connectivity index (χ4v) is 0.927. The summed E-state index contributed by atoms with van der Waals surface area (Å²) in [5.74, 6) is -3.17. The maximum atomic E-state index is 10.8. The molecule has 0 aromatic carbocycles. The molecule has 0 amide bonds. The fourth-order valence-electron chi connectivity index (χ4n) is 0.927. The molecule has 6 nitrogen and oxygen atoms in total. The molecule has 0 aromatic rings. The minimum Gasteiger partial charge on any atom is -0.478 e. The van der Waals surface area contributed by atoms with Crippen LogP contribution in [0.3, 0.4) is 0 Å². The number of hydrogen-bond acceptors (Lipinski definition) is 3. The van der Waals surface area contributed by atoms with Gasteiger partial charge in [-0.1, -0.05) is 33.4 Å². The van der Waals surface area contributed by atoms with Crippen molar-refractivity contribution in [3.05, 3.63) is 35.5 Å². The van der Waals surface area contributed by atoms with Crippen molar-refractivity contribution in [2.75, 3.05) is 0 Å². The quantitative estimate of drug-likeness (QED) is 0.543. The Bertz CT molecular complexity index is 477. The van der Waals surface area contributed by atoms with Crippen LogP contribution in [0.2, 0.25) is 0 Å². The van der Waals surface area contributed by atoms with Crippen LogP contribution in [0.1, 0.15) is 34.6 Å². The van der Waals surface area contributed by atoms with Gasteiger partial charge in [0.2, 0.25) is 0 Å². The van der Waals surface area contributed by atoms with Gasteiger partial charge < -0.3 is 15.3 Å². The summed E-state index contributed by atoms with van der Waals surface area (Å²) in [5.41, 5.74) is -0.117. The molecule has 0 spiro atoms. The molecule has 21 heavy (non-hydrogen) atoms. The molecule has 6 heteroatoms. The van der Waals surface area contributed by atoms with Gasteiger partial charge in [-0.05, 0) is 25.3 Å². The number of carbonyl (C=O) groups is 3. The summed E-state index contributed by atoms with van der Waals surface area (Å²) in [7, 11) is 0. The molecule has 0 aromatic heterocycles. The van der Waals surface area contributed by atoms with Crippen molar-refractivity contribution in [1.29, 1.82) is 0 Å². The molecule has 0 aliphatic heterocycles. The Morgan fingerprint density at radius 3 is 1.48 bits per heavy atom. The zero-order valence-electron chi connectivity index (χ0n) is 12.9. The third kappa shape index (κ3) is 12.4. The van der Waals surface area contributed by atoms with Gasteiger partial charge in [0.25, 0.3) is 0 Å². The third-order valence-corrected chi connectivity index (χ3v) is 1.91. The summed E-state index contributed by atoms with van der Waals surface area (Å²) in [6, 6.07) is 0. The predicted molar refractivity (Wildman–Crippen MR) is 79.0 cm³/mol. The lowest BCUT2D eigenvalue weighted by Crippen LogP contribution is -2.08. The van der Waals surface area contributed by atoms with Crippen LogP contribution < -0.4 is 0 Å². The highest BCUT2D eigenvalue weighted by molar-refractivity contribution is 5.94. The Labute approximate surface area is 124 Å². The van der Waals surface area contributed by atoms with Gasteiger partial charge in [-0.25, -0.2) is 14.4 Å². The van der Waals surface area contributed by atoms with Crippen LogP contribution >= 0.6 is 0 Å². The van der Waals surface area contributed by atoms with Crippen molar-refractivity contribution < 1.29 is 29.7 Å². The summed E-state index contributed by atoms with van der Waals surface area (Å²) in [6.07, 6.45) is 2.69. The number of carboxylic acids is 3. The van der Waals surface area contributed by atoms with E-state index in [2.05, 4.69) is 6.58 Å². The smallest absolute Gasteiger partial charge is 0.335 e. The van der Waals surface area contributed by atoms with E-state index in [1.807, 2.05) is 20.8 Å². The molecule has 3 N–H and O–H groups in total. The number of rotatable bonds is 4. The average Bonchev–Trinajstić information content (AvgIpc) is 2.26. The van der Waals surface area contributed by atoms with Crippen molar-refractivity contribution in [3.8, 4) is 0 Å². The zero-order valence-corrected chi connectivity index (χ0v) is 12.9. The van der Waals surface area contributed by atoms with Gasteiger partial charge in [0, 0.05) is 11.1 Å². The topological polar surface area (TPSA) is 112 Å². The minimum atomic E-state index is -1.12. The first-order valence-corrected chi connectivity index (χ1v) is 6.04. The molecule has 0 atom stereocenters. The van der Waals surface area contributed by atoms with E-state index in [0.29, 0.717) is 0 Å². The largest absolute Gasteiger partial charge is 0.478 e. The molecule has 0 bridgehead atoms. The number of aliphatic carboxylic acids is 3. The van der Waals surface area contributed by atoms with Crippen molar-refractivity contribution in [2.45, 2.75) is 34.6 Å². The normalized spacial score (nSPS) is 12.0. The fraction of sp³-hybridized carbons (Fsp3) is 0.400. The average molecular weight is 298 g/mol. The Kier molecular flexibility index (Phi) is 8.71. The van der Waals surface area contributed by atoms with Crippen molar-refractivity contribution in [3.63, 3.8) is 0 Å². The van der Waals surface area contributed by atoms with Crippen molar-refractivity contribution in [2.24, 2.45) is 5.41 Å². The third-order valence-electron chi connectivity index (χ3n) is 1.91. The van der Waals surface area contributed by atoms with Crippen LogP contribution in [0.15, 0.2) is 35.5 Å². The number of carboxylic acid groups (broad SMARTS) is 3. The second-order valence-electron chi connectivity index (χ2n) is 5.49. The van der Waals surface area contributed by atoms with E-state index in [1.54, 1.807) is 0 Å². The van der Waals surface area contributed by atoms with E-state index in [9.17, 15) is 14.4 Å². The molecule has 0 heterocycles. The summed E-state index contributed by atoms with van der Waals surface area (Å²) < 4.78 is 0. The Morgan fingerprint density at radius 1 is 0.905 bits per heavy atom. The lowest BCUT2D eigenvalue weighted by atomic mass is 9.93. The lowest BCUT2D eigenvalue weighted by molar-refractivity contribution is -0.133. The Morgan fingerprint density at radius 2 is 1.29 bits per heavy atom. The van der Waals surface area contributed by atoms with E-state index in [4.69, 9.17) is 15.3 Å². The van der Waals surface area contributed by atoms with Gasteiger partial charge in [0.1, 0.15) is 0 Å². The molecule has 0 fully saturated rings.